The summed E-state index contributed by atoms with van der Waals surface area (Å²) in [7, 11) is -7.55. The molecule has 0 unspecified atom stereocenters. The van der Waals surface area contributed by atoms with Crippen LogP contribution in [0.2, 0.25) is 0 Å². The molecule has 0 amide bonds. The van der Waals surface area contributed by atoms with Crippen molar-refractivity contribution in [1.82, 2.24) is 0 Å². The van der Waals surface area contributed by atoms with E-state index in [0.29, 0.717) is 5.56 Å². The third-order valence-corrected chi connectivity index (χ3v) is 5.49. The van der Waals surface area contributed by atoms with Gasteiger partial charge in [-0.3, -0.25) is 0 Å². The molecular weight excluding hydrogens is 481 g/mol. The predicted molar refractivity (Wildman–Crippen MR) is 118 cm³/mol. The molecule has 0 saturated heterocycles. The lowest BCUT2D eigenvalue weighted by molar-refractivity contribution is -0.137. The lowest BCUT2D eigenvalue weighted by atomic mass is 9.87. The van der Waals surface area contributed by atoms with E-state index in [0.717, 1.165) is 12.5 Å². The summed E-state index contributed by atoms with van der Waals surface area (Å²) >= 11 is 0. The molecule has 0 N–H and O–H groups in total. The summed E-state index contributed by atoms with van der Waals surface area (Å²) in [5.41, 5.74) is -0.102. The van der Waals surface area contributed by atoms with E-state index < -0.39 is 32.0 Å². The van der Waals surface area contributed by atoms with Gasteiger partial charge >= 0.3 is 26.4 Å². The number of hydrogen-bond acceptors (Lipinski definition) is 6. The van der Waals surface area contributed by atoms with Crippen molar-refractivity contribution >= 4 is 20.2 Å². The largest absolute Gasteiger partial charge is 0.417 e. The normalized spacial score (nSPS) is 12.4. The van der Waals surface area contributed by atoms with Crippen LogP contribution in [0.15, 0.2) is 60.7 Å². The van der Waals surface area contributed by atoms with E-state index in [4.69, 9.17) is 8.37 Å². The van der Waals surface area contributed by atoms with Gasteiger partial charge in [-0.25, -0.2) is 0 Å². The Morgan fingerprint density at radius 1 is 0.667 bits per heavy atom. The van der Waals surface area contributed by atoms with Gasteiger partial charge in [0.25, 0.3) is 0 Å². The van der Waals surface area contributed by atoms with Crippen molar-refractivity contribution in [2.45, 2.75) is 13.1 Å². The number of benzene rings is 3. The Kier molecular flexibility index (Phi) is 6.49. The molecule has 0 radical (unpaired) electrons. The fourth-order valence-corrected chi connectivity index (χ4v) is 4.25. The van der Waals surface area contributed by atoms with Gasteiger partial charge in [0.2, 0.25) is 0 Å². The highest BCUT2D eigenvalue weighted by Crippen LogP contribution is 2.44. The Bertz CT molecular complexity index is 1380. The van der Waals surface area contributed by atoms with Crippen molar-refractivity contribution in [3.63, 3.8) is 0 Å². The highest BCUT2D eigenvalue weighted by Gasteiger charge is 2.36. The quantitative estimate of drug-likeness (QED) is 0.442. The van der Waals surface area contributed by atoms with Gasteiger partial charge in [0, 0.05) is 5.56 Å². The Morgan fingerprint density at radius 2 is 1.09 bits per heavy atom. The fourth-order valence-electron chi connectivity index (χ4n) is 3.33. The zero-order valence-corrected chi connectivity index (χ0v) is 19.3. The minimum Gasteiger partial charge on any atom is -0.383 e. The third-order valence-electron chi connectivity index (χ3n) is 4.50. The van der Waals surface area contributed by atoms with Crippen LogP contribution in [-0.4, -0.2) is 29.3 Å². The molecule has 6 nitrogen and oxygen atoms in total. The van der Waals surface area contributed by atoms with Crippen molar-refractivity contribution in [3.8, 4) is 33.8 Å². The summed E-state index contributed by atoms with van der Waals surface area (Å²) in [5.74, 6) is -0.0143. The minimum atomic E-state index is -4.67. The van der Waals surface area contributed by atoms with Gasteiger partial charge in [-0.15, -0.1) is 0 Å². The van der Waals surface area contributed by atoms with E-state index in [2.05, 4.69) is 0 Å². The second-order valence-electron chi connectivity index (χ2n) is 7.30. The molecule has 176 valence electrons. The van der Waals surface area contributed by atoms with E-state index in [1.54, 1.807) is 0 Å². The van der Waals surface area contributed by atoms with Gasteiger partial charge in [-0.05, 0) is 53.4 Å². The van der Waals surface area contributed by atoms with Crippen LogP contribution >= 0.6 is 0 Å². The van der Waals surface area contributed by atoms with Crippen molar-refractivity contribution in [1.29, 1.82) is 0 Å². The van der Waals surface area contributed by atoms with E-state index in [1.807, 2.05) is 0 Å². The zero-order valence-electron chi connectivity index (χ0n) is 17.7. The molecule has 0 aliphatic rings. The molecule has 0 saturated carbocycles. The fraction of sp³-hybridized carbons (Fsp3) is 0.182. The molecular formula is C22H19F3O6S2. The molecule has 0 heterocycles. The smallest absolute Gasteiger partial charge is 0.383 e. The second kappa shape index (κ2) is 8.71. The Hall–Kier alpha value is -3.05. The molecule has 0 bridgehead atoms. The molecule has 0 atom stereocenters. The first-order chi connectivity index (χ1) is 15.1. The molecule has 0 fully saturated rings. The lowest BCUT2D eigenvalue weighted by Gasteiger charge is -2.20. The number of alkyl halides is 3. The van der Waals surface area contributed by atoms with Crippen LogP contribution in [0.1, 0.15) is 11.1 Å². The van der Waals surface area contributed by atoms with Crippen molar-refractivity contribution < 1.29 is 38.4 Å². The van der Waals surface area contributed by atoms with Gasteiger partial charge in [0.05, 0.1) is 18.1 Å². The highest BCUT2D eigenvalue weighted by molar-refractivity contribution is 7.86. The van der Waals surface area contributed by atoms with E-state index in [1.165, 1.54) is 67.6 Å². The molecule has 0 spiro atoms. The van der Waals surface area contributed by atoms with Crippen LogP contribution in [0.5, 0.6) is 11.5 Å². The lowest BCUT2D eigenvalue weighted by Crippen LogP contribution is -2.11. The first-order valence-corrected chi connectivity index (χ1v) is 13.0. The number of hydrogen-bond donors (Lipinski definition) is 0. The van der Waals surface area contributed by atoms with E-state index in [-0.39, 0.29) is 33.8 Å². The number of rotatable bonds is 6. The molecule has 3 aromatic carbocycles. The van der Waals surface area contributed by atoms with E-state index >= 15 is 0 Å². The monoisotopic (exact) mass is 500 g/mol. The van der Waals surface area contributed by atoms with Crippen LogP contribution in [0.4, 0.5) is 13.2 Å². The minimum absolute atomic E-state index is 0.00902. The highest BCUT2D eigenvalue weighted by atomic mass is 32.2. The Morgan fingerprint density at radius 3 is 1.48 bits per heavy atom. The van der Waals surface area contributed by atoms with Crippen molar-refractivity contribution in [3.05, 3.63) is 71.8 Å². The molecule has 3 aromatic rings. The van der Waals surface area contributed by atoms with Crippen LogP contribution in [0, 0.1) is 6.92 Å². The maximum atomic E-state index is 14.1. The molecule has 3 rings (SSSR count). The SMILES string of the molecule is Cc1ccc(-c2ccc(OS(C)(=O)=O)cc2)c(-c2ccc(OS(C)(=O)=O)cc2)c1C(F)(F)F. The summed E-state index contributed by atoms with van der Waals surface area (Å²) in [6, 6.07) is 13.7. The van der Waals surface area contributed by atoms with Gasteiger partial charge < -0.3 is 8.37 Å². The van der Waals surface area contributed by atoms with Crippen LogP contribution in [0.3, 0.4) is 0 Å². The predicted octanol–water partition coefficient (Wildman–Crippen LogP) is 5.02. The first-order valence-electron chi connectivity index (χ1n) is 9.35. The number of aryl methyl sites for hydroxylation is 1. The first kappa shape index (κ1) is 24.6. The molecule has 0 aliphatic heterocycles. The van der Waals surface area contributed by atoms with Crippen LogP contribution in [0.25, 0.3) is 22.3 Å². The average molecular weight is 501 g/mol. The zero-order chi connectivity index (χ0) is 24.6. The Balaban J connectivity index is 2.18. The molecule has 0 aromatic heterocycles. The van der Waals surface area contributed by atoms with Crippen LogP contribution in [-0.2, 0) is 26.4 Å². The summed E-state index contributed by atoms with van der Waals surface area (Å²) in [5, 5.41) is 0. The molecule has 33 heavy (non-hydrogen) atoms. The maximum Gasteiger partial charge on any atom is 0.417 e. The molecule has 0 aliphatic carbocycles. The number of halogens is 3. The van der Waals surface area contributed by atoms with Crippen molar-refractivity contribution in [2.75, 3.05) is 12.5 Å². The van der Waals surface area contributed by atoms with Gasteiger partial charge in [-0.1, -0.05) is 36.4 Å². The summed E-state index contributed by atoms with van der Waals surface area (Å²) < 4.78 is 97.0. The maximum absolute atomic E-state index is 14.1. The standard InChI is InChI=1S/C22H19F3O6S2/c1-14-4-13-19(15-5-9-17(10-6-15)30-32(2,26)27)20(21(14)22(23,24)25)16-7-11-18(12-8-16)31-33(3,28)29/h4-13H,1-3H3. The van der Waals surface area contributed by atoms with Crippen molar-refractivity contribution in [2.24, 2.45) is 0 Å². The topological polar surface area (TPSA) is 86.7 Å². The van der Waals surface area contributed by atoms with Crippen LogP contribution < -0.4 is 8.37 Å². The second-order valence-corrected chi connectivity index (χ2v) is 10.5. The van der Waals surface area contributed by atoms with Gasteiger partial charge in [-0.2, -0.15) is 30.0 Å². The van der Waals surface area contributed by atoms with Gasteiger partial charge in [0.15, 0.2) is 0 Å². The third kappa shape index (κ3) is 6.26. The summed E-state index contributed by atoms with van der Waals surface area (Å²) in [6.45, 7) is 1.35. The Labute approximate surface area is 189 Å². The summed E-state index contributed by atoms with van der Waals surface area (Å²) in [4.78, 5) is 0. The van der Waals surface area contributed by atoms with E-state index in [9.17, 15) is 30.0 Å². The van der Waals surface area contributed by atoms with Gasteiger partial charge in [0.1, 0.15) is 11.5 Å². The summed E-state index contributed by atoms with van der Waals surface area (Å²) in [6.07, 6.45) is -2.93. The average Bonchev–Trinajstić information content (AvgIpc) is 2.66. The molecule has 11 heteroatoms.